The highest BCUT2D eigenvalue weighted by Gasteiger charge is 2.43. The van der Waals surface area contributed by atoms with Crippen LogP contribution in [0.2, 0.25) is 0 Å². The molecule has 1 unspecified atom stereocenters. The second-order valence-corrected chi connectivity index (χ2v) is 9.49. The number of halogens is 2. The molecule has 1 heterocycles. The molecule has 4 aromatic rings. The summed E-state index contributed by atoms with van der Waals surface area (Å²) in [6, 6.07) is 21.4. The molecule has 0 spiro atoms. The molecule has 9 heteroatoms. The highest BCUT2D eigenvalue weighted by atomic mass is 32.2. The minimum atomic E-state index is -1.98. The molecule has 0 aliphatic carbocycles. The van der Waals surface area contributed by atoms with Crippen molar-refractivity contribution in [2.75, 3.05) is 0 Å². The van der Waals surface area contributed by atoms with Gasteiger partial charge in [0.2, 0.25) is 0 Å². The second kappa shape index (κ2) is 10.3. The van der Waals surface area contributed by atoms with Gasteiger partial charge >= 0.3 is 0 Å². The number of hydrogen-bond donors (Lipinski definition) is 2. The summed E-state index contributed by atoms with van der Waals surface area (Å²) < 4.78 is 46.5. The van der Waals surface area contributed by atoms with Crippen LogP contribution in [0, 0.1) is 11.6 Å². The van der Waals surface area contributed by atoms with E-state index in [0.717, 1.165) is 17.2 Å². The van der Waals surface area contributed by atoms with Gasteiger partial charge in [0, 0.05) is 11.6 Å². The zero-order chi connectivity index (χ0) is 24.1. The Morgan fingerprint density at radius 3 is 2.18 bits per heavy atom. The molecule has 34 heavy (non-hydrogen) atoms. The molecular formula is C25H24F2N4O2S. The van der Waals surface area contributed by atoms with Crippen LogP contribution in [0.4, 0.5) is 8.78 Å². The van der Waals surface area contributed by atoms with Crippen molar-refractivity contribution in [3.8, 4) is 0 Å². The van der Waals surface area contributed by atoms with Crippen LogP contribution >= 0.6 is 0 Å². The molecule has 0 aliphatic heterocycles. The Balaban J connectivity index is 1.70. The molecule has 0 fully saturated rings. The van der Waals surface area contributed by atoms with Crippen LogP contribution in [-0.4, -0.2) is 29.3 Å². The highest BCUT2D eigenvalue weighted by Crippen LogP contribution is 2.33. The Morgan fingerprint density at radius 1 is 1.03 bits per heavy atom. The van der Waals surface area contributed by atoms with Gasteiger partial charge in [-0.3, -0.25) is 0 Å². The van der Waals surface area contributed by atoms with Crippen molar-refractivity contribution in [3.63, 3.8) is 0 Å². The van der Waals surface area contributed by atoms with Gasteiger partial charge in [-0.1, -0.05) is 66.7 Å². The van der Waals surface area contributed by atoms with Crippen LogP contribution in [0.25, 0.3) is 0 Å². The Kier molecular flexibility index (Phi) is 7.26. The summed E-state index contributed by atoms with van der Waals surface area (Å²) in [7, 11) is -1.86. The summed E-state index contributed by atoms with van der Waals surface area (Å²) in [5.41, 5.74) is -0.409. The van der Waals surface area contributed by atoms with E-state index in [2.05, 4.69) is 14.8 Å². The van der Waals surface area contributed by atoms with Crippen molar-refractivity contribution in [2.45, 2.75) is 30.4 Å². The van der Waals surface area contributed by atoms with E-state index in [9.17, 15) is 18.1 Å². The van der Waals surface area contributed by atoms with Gasteiger partial charge in [-0.05, 0) is 24.1 Å². The van der Waals surface area contributed by atoms with E-state index in [1.807, 2.05) is 60.7 Å². The Morgan fingerprint density at radius 2 is 1.65 bits per heavy atom. The average molecular weight is 483 g/mol. The minimum Gasteiger partial charge on any atom is -0.382 e. The standard InChI is InChI=1S/C25H24F2N4O2S/c1-18(25(32,15-31-17-28-16-29-31)22-13-12-21(26)14-23(22)27)34(33)30-24(19-8-4-2-5-9-19)20-10-6-3-7-11-20/h2-14,16-18,24,30,32H,15H2,1H3/t18-,25-,34?/m1/s1. The lowest BCUT2D eigenvalue weighted by atomic mass is 9.90. The summed E-state index contributed by atoms with van der Waals surface area (Å²) in [6.45, 7) is 1.32. The van der Waals surface area contributed by atoms with Crippen LogP contribution in [0.1, 0.15) is 29.7 Å². The molecule has 176 valence electrons. The van der Waals surface area contributed by atoms with E-state index in [1.54, 1.807) is 6.92 Å². The zero-order valence-electron chi connectivity index (χ0n) is 18.4. The van der Waals surface area contributed by atoms with Crippen molar-refractivity contribution >= 4 is 11.0 Å². The molecule has 1 aromatic heterocycles. The summed E-state index contributed by atoms with van der Waals surface area (Å²) in [4.78, 5) is 3.86. The first-order valence-electron chi connectivity index (χ1n) is 10.7. The number of aromatic nitrogens is 3. The van der Waals surface area contributed by atoms with Crippen LogP contribution < -0.4 is 4.72 Å². The first kappa shape index (κ1) is 23.9. The van der Waals surface area contributed by atoms with Crippen LogP contribution in [0.15, 0.2) is 91.5 Å². The van der Waals surface area contributed by atoms with Gasteiger partial charge in [-0.25, -0.2) is 27.4 Å². The number of hydrogen-bond acceptors (Lipinski definition) is 4. The summed E-state index contributed by atoms with van der Waals surface area (Å²) in [6.07, 6.45) is 2.65. The van der Waals surface area contributed by atoms with E-state index in [0.29, 0.717) is 6.07 Å². The van der Waals surface area contributed by atoms with E-state index in [4.69, 9.17) is 0 Å². The molecule has 3 atom stereocenters. The molecule has 0 saturated heterocycles. The number of nitrogens with one attached hydrogen (secondary N) is 1. The van der Waals surface area contributed by atoms with E-state index in [-0.39, 0.29) is 12.1 Å². The predicted octanol–water partition coefficient (Wildman–Crippen LogP) is 3.88. The van der Waals surface area contributed by atoms with Gasteiger partial charge in [0.1, 0.15) is 29.9 Å². The molecule has 4 rings (SSSR count). The average Bonchev–Trinajstić information content (AvgIpc) is 3.35. The maximum atomic E-state index is 14.8. The topological polar surface area (TPSA) is 80.0 Å². The maximum absolute atomic E-state index is 14.8. The lowest BCUT2D eigenvalue weighted by molar-refractivity contribution is 0.0118. The Labute approximate surface area is 198 Å². The Hall–Kier alpha value is -3.27. The molecular weight excluding hydrogens is 458 g/mol. The van der Waals surface area contributed by atoms with Crippen molar-refractivity contribution < 1.29 is 18.1 Å². The molecule has 0 amide bonds. The monoisotopic (exact) mass is 482 g/mol. The first-order chi connectivity index (χ1) is 16.4. The largest absolute Gasteiger partial charge is 0.382 e. The lowest BCUT2D eigenvalue weighted by Gasteiger charge is -2.35. The van der Waals surface area contributed by atoms with Crippen molar-refractivity contribution in [1.82, 2.24) is 19.5 Å². The van der Waals surface area contributed by atoms with Crippen molar-refractivity contribution in [1.29, 1.82) is 0 Å². The second-order valence-electron chi connectivity index (χ2n) is 7.95. The van der Waals surface area contributed by atoms with Gasteiger partial charge in [-0.2, -0.15) is 5.10 Å². The fraction of sp³-hybridized carbons (Fsp3) is 0.200. The summed E-state index contributed by atoms with van der Waals surface area (Å²) >= 11 is 0. The highest BCUT2D eigenvalue weighted by molar-refractivity contribution is 7.83. The van der Waals surface area contributed by atoms with E-state index in [1.165, 1.54) is 23.4 Å². The number of rotatable bonds is 9. The quantitative estimate of drug-likeness (QED) is 0.380. The molecule has 3 aromatic carbocycles. The molecule has 0 aliphatic rings. The predicted molar refractivity (Wildman–Crippen MR) is 126 cm³/mol. The molecule has 0 radical (unpaired) electrons. The fourth-order valence-corrected chi connectivity index (χ4v) is 5.11. The third-order valence-electron chi connectivity index (χ3n) is 5.76. The van der Waals surface area contributed by atoms with Crippen LogP contribution in [-0.2, 0) is 23.1 Å². The van der Waals surface area contributed by atoms with Crippen molar-refractivity contribution in [2.24, 2.45) is 0 Å². The fourth-order valence-electron chi connectivity index (χ4n) is 3.85. The van der Waals surface area contributed by atoms with Gasteiger partial charge in [0.05, 0.1) is 28.8 Å². The number of nitrogens with zero attached hydrogens (tertiary/aromatic N) is 3. The lowest BCUT2D eigenvalue weighted by Crippen LogP contribution is -2.48. The van der Waals surface area contributed by atoms with Crippen molar-refractivity contribution in [3.05, 3.63) is 120 Å². The van der Waals surface area contributed by atoms with Gasteiger partial charge in [0.15, 0.2) is 0 Å². The Bertz CT molecular complexity index is 1200. The number of benzene rings is 3. The first-order valence-corrected chi connectivity index (χ1v) is 11.9. The van der Waals surface area contributed by atoms with Gasteiger partial charge < -0.3 is 5.11 Å². The van der Waals surface area contributed by atoms with Crippen LogP contribution in [0.3, 0.4) is 0 Å². The van der Waals surface area contributed by atoms with Crippen LogP contribution in [0.5, 0.6) is 0 Å². The molecule has 0 bridgehead atoms. The SMILES string of the molecule is C[C@@H](S(=O)NC(c1ccccc1)c1ccccc1)[C@](O)(Cn1cncn1)c1ccc(F)cc1F. The molecule has 2 N–H and O–H groups in total. The normalized spacial score (nSPS) is 15.1. The van der Waals surface area contributed by atoms with E-state index < -0.39 is 39.5 Å². The third-order valence-corrected chi connectivity index (χ3v) is 7.26. The van der Waals surface area contributed by atoms with E-state index >= 15 is 0 Å². The smallest absolute Gasteiger partial charge is 0.137 e. The molecule has 0 saturated carbocycles. The minimum absolute atomic E-state index is 0.178. The third kappa shape index (κ3) is 5.11. The van der Waals surface area contributed by atoms with Gasteiger partial charge in [-0.15, -0.1) is 0 Å². The zero-order valence-corrected chi connectivity index (χ0v) is 19.2. The maximum Gasteiger partial charge on any atom is 0.137 e. The van der Waals surface area contributed by atoms with Gasteiger partial charge in [0.25, 0.3) is 0 Å². The summed E-state index contributed by atoms with van der Waals surface area (Å²) in [5.74, 6) is -1.71. The molecule has 6 nitrogen and oxygen atoms in total. The summed E-state index contributed by atoms with van der Waals surface area (Å²) in [5, 5.41) is 14.7. The number of aliphatic hydroxyl groups is 1.